The van der Waals surface area contributed by atoms with Gasteiger partial charge in [-0.2, -0.15) is 4.37 Å². The fourth-order valence-corrected chi connectivity index (χ4v) is 2.35. The maximum absolute atomic E-state index is 4.49. The highest BCUT2D eigenvalue weighted by molar-refractivity contribution is 7.09. The molecule has 2 heterocycles. The van der Waals surface area contributed by atoms with Gasteiger partial charge in [0.2, 0.25) is 5.13 Å². The molecule has 0 radical (unpaired) electrons. The Kier molecular flexibility index (Phi) is 3.00. The van der Waals surface area contributed by atoms with E-state index < -0.39 is 0 Å². The van der Waals surface area contributed by atoms with Gasteiger partial charge in [-0.25, -0.2) is 4.98 Å². The van der Waals surface area contributed by atoms with Gasteiger partial charge in [-0.15, -0.1) is 0 Å². The zero-order valence-corrected chi connectivity index (χ0v) is 10.3. The highest BCUT2D eigenvalue weighted by Crippen LogP contribution is 2.39. The van der Waals surface area contributed by atoms with Gasteiger partial charge in [-0.05, 0) is 37.0 Å². The molecule has 4 nitrogen and oxygen atoms in total. The minimum absolute atomic E-state index is 0.641. The van der Waals surface area contributed by atoms with Crippen LogP contribution in [-0.4, -0.2) is 20.9 Å². The summed E-state index contributed by atoms with van der Waals surface area (Å²) < 4.78 is 4.36. The first-order valence-electron chi connectivity index (χ1n) is 5.88. The van der Waals surface area contributed by atoms with Crippen molar-refractivity contribution in [2.24, 2.45) is 0 Å². The van der Waals surface area contributed by atoms with Gasteiger partial charge >= 0.3 is 0 Å². The van der Waals surface area contributed by atoms with E-state index in [1.807, 2.05) is 24.5 Å². The summed E-state index contributed by atoms with van der Waals surface area (Å²) in [7, 11) is 0. The van der Waals surface area contributed by atoms with Crippen LogP contribution in [0.2, 0.25) is 0 Å². The van der Waals surface area contributed by atoms with E-state index in [-0.39, 0.29) is 0 Å². The lowest BCUT2D eigenvalue weighted by Crippen LogP contribution is -2.04. The average molecular weight is 246 g/mol. The predicted molar refractivity (Wildman–Crippen MR) is 68.3 cm³/mol. The summed E-state index contributed by atoms with van der Waals surface area (Å²) in [5.74, 6) is 1.67. The molecule has 1 N–H and O–H groups in total. The molecule has 1 aliphatic carbocycles. The van der Waals surface area contributed by atoms with Crippen LogP contribution in [-0.2, 0) is 6.42 Å². The number of hydrogen-bond donors (Lipinski definition) is 1. The van der Waals surface area contributed by atoms with Crippen LogP contribution in [0.4, 0.5) is 5.13 Å². The Bertz CT molecular complexity index is 478. The first-order chi connectivity index (χ1) is 8.42. The minimum atomic E-state index is 0.641. The van der Waals surface area contributed by atoms with Crippen LogP contribution in [0, 0.1) is 0 Å². The molecule has 0 bridgehead atoms. The van der Waals surface area contributed by atoms with Crippen LogP contribution in [0.25, 0.3) is 0 Å². The third kappa shape index (κ3) is 2.79. The zero-order valence-electron chi connectivity index (χ0n) is 9.47. The zero-order chi connectivity index (χ0) is 11.5. The average Bonchev–Trinajstić information content (AvgIpc) is 3.11. The quantitative estimate of drug-likeness (QED) is 0.880. The fourth-order valence-electron chi connectivity index (χ4n) is 1.68. The van der Waals surface area contributed by atoms with Gasteiger partial charge in [0, 0.05) is 36.4 Å². The smallest absolute Gasteiger partial charge is 0.202 e. The molecule has 0 saturated heterocycles. The van der Waals surface area contributed by atoms with Crippen molar-refractivity contribution in [1.29, 1.82) is 0 Å². The van der Waals surface area contributed by atoms with Crippen molar-refractivity contribution in [2.75, 3.05) is 11.9 Å². The van der Waals surface area contributed by atoms with Crippen molar-refractivity contribution in [1.82, 2.24) is 14.3 Å². The Morgan fingerprint density at radius 3 is 2.88 bits per heavy atom. The predicted octanol–water partition coefficient (Wildman–Crippen LogP) is 2.47. The van der Waals surface area contributed by atoms with Gasteiger partial charge in [0.1, 0.15) is 5.82 Å². The number of aromatic nitrogens is 3. The first-order valence-corrected chi connectivity index (χ1v) is 6.65. The number of nitrogens with one attached hydrogen (secondary N) is 1. The molecule has 0 unspecified atom stereocenters. The van der Waals surface area contributed by atoms with Crippen molar-refractivity contribution in [2.45, 2.75) is 25.2 Å². The second-order valence-corrected chi connectivity index (χ2v) is 5.02. The molecule has 2 aromatic rings. The molecule has 1 aliphatic rings. The second-order valence-electron chi connectivity index (χ2n) is 4.26. The highest BCUT2D eigenvalue weighted by Gasteiger charge is 2.27. The molecule has 17 heavy (non-hydrogen) atoms. The molecule has 2 aromatic heterocycles. The number of pyridine rings is 1. The Hall–Kier alpha value is -1.49. The molecular weight excluding hydrogens is 232 g/mol. The van der Waals surface area contributed by atoms with Gasteiger partial charge < -0.3 is 5.32 Å². The number of hydrogen-bond acceptors (Lipinski definition) is 5. The summed E-state index contributed by atoms with van der Waals surface area (Å²) in [4.78, 5) is 8.49. The topological polar surface area (TPSA) is 50.7 Å². The summed E-state index contributed by atoms with van der Waals surface area (Å²) in [6.07, 6.45) is 7.15. The maximum atomic E-state index is 4.49. The van der Waals surface area contributed by atoms with Crippen molar-refractivity contribution in [3.63, 3.8) is 0 Å². The molecule has 0 aromatic carbocycles. The lowest BCUT2D eigenvalue weighted by atomic mass is 10.2. The van der Waals surface area contributed by atoms with Crippen LogP contribution in [0.15, 0.2) is 24.5 Å². The summed E-state index contributed by atoms with van der Waals surface area (Å²) in [6.45, 7) is 0.892. The Morgan fingerprint density at radius 2 is 2.12 bits per heavy atom. The molecule has 5 heteroatoms. The van der Waals surface area contributed by atoms with E-state index in [0.717, 1.165) is 23.9 Å². The number of anilines is 1. The molecule has 3 rings (SSSR count). The van der Waals surface area contributed by atoms with Crippen LogP contribution >= 0.6 is 11.5 Å². The SMILES string of the molecule is c1cc(CCNc2nc(C3CC3)ns2)ccn1. The number of nitrogens with zero attached hydrogens (tertiary/aromatic N) is 3. The Balaban J connectivity index is 1.50. The molecule has 1 saturated carbocycles. The van der Waals surface area contributed by atoms with E-state index in [4.69, 9.17) is 0 Å². The molecule has 0 amide bonds. The van der Waals surface area contributed by atoms with Gasteiger partial charge in [0.05, 0.1) is 0 Å². The number of rotatable bonds is 5. The van der Waals surface area contributed by atoms with Gasteiger partial charge in [-0.3, -0.25) is 4.98 Å². The van der Waals surface area contributed by atoms with Crippen molar-refractivity contribution < 1.29 is 0 Å². The van der Waals surface area contributed by atoms with Crippen LogP contribution in [0.1, 0.15) is 30.1 Å². The third-order valence-corrected chi connectivity index (χ3v) is 3.51. The fraction of sp³-hybridized carbons (Fsp3) is 0.417. The Morgan fingerprint density at radius 1 is 1.29 bits per heavy atom. The van der Waals surface area contributed by atoms with Gasteiger partial charge in [0.15, 0.2) is 0 Å². The monoisotopic (exact) mass is 246 g/mol. The van der Waals surface area contributed by atoms with Crippen LogP contribution < -0.4 is 5.32 Å². The lowest BCUT2D eigenvalue weighted by Gasteiger charge is -2.01. The van der Waals surface area contributed by atoms with Crippen molar-refractivity contribution >= 4 is 16.7 Å². The van der Waals surface area contributed by atoms with Crippen molar-refractivity contribution in [3.8, 4) is 0 Å². The summed E-state index contributed by atoms with van der Waals surface area (Å²) in [5.41, 5.74) is 1.29. The van der Waals surface area contributed by atoms with Gasteiger partial charge in [-0.1, -0.05) is 0 Å². The molecule has 1 fully saturated rings. The third-order valence-electron chi connectivity index (χ3n) is 2.82. The lowest BCUT2D eigenvalue weighted by molar-refractivity contribution is 0.968. The molecule has 0 aliphatic heterocycles. The summed E-state index contributed by atoms with van der Waals surface area (Å²) >= 11 is 1.47. The molecule has 0 spiro atoms. The van der Waals surface area contributed by atoms with Crippen molar-refractivity contribution in [3.05, 3.63) is 35.9 Å². The van der Waals surface area contributed by atoms with E-state index in [1.54, 1.807) is 0 Å². The standard InChI is InChI=1S/C12H14N4S/c1-2-10(1)11-15-12(17-16-11)14-8-5-9-3-6-13-7-4-9/h3-4,6-7,10H,1-2,5,8H2,(H,14,15,16). The normalized spacial score (nSPS) is 14.8. The van der Waals surface area contributed by atoms with E-state index in [0.29, 0.717) is 5.92 Å². The highest BCUT2D eigenvalue weighted by atomic mass is 32.1. The first kappa shape index (κ1) is 10.7. The maximum Gasteiger partial charge on any atom is 0.202 e. The van der Waals surface area contributed by atoms with E-state index in [9.17, 15) is 0 Å². The van der Waals surface area contributed by atoms with E-state index >= 15 is 0 Å². The van der Waals surface area contributed by atoms with Gasteiger partial charge in [0.25, 0.3) is 0 Å². The second kappa shape index (κ2) is 4.79. The summed E-state index contributed by atoms with van der Waals surface area (Å²) in [5, 5.41) is 4.27. The molecular formula is C12H14N4S. The van der Waals surface area contributed by atoms with E-state index in [2.05, 4.69) is 19.7 Å². The summed E-state index contributed by atoms with van der Waals surface area (Å²) in [6, 6.07) is 4.08. The largest absolute Gasteiger partial charge is 0.360 e. The van der Waals surface area contributed by atoms with Crippen LogP contribution in [0.5, 0.6) is 0 Å². The minimum Gasteiger partial charge on any atom is -0.360 e. The van der Waals surface area contributed by atoms with Crippen LogP contribution in [0.3, 0.4) is 0 Å². The molecule has 0 atom stereocenters. The molecule has 88 valence electrons. The Labute approximate surface area is 104 Å². The van der Waals surface area contributed by atoms with E-state index in [1.165, 1.54) is 29.9 Å².